The van der Waals surface area contributed by atoms with Crippen LogP contribution in [0.1, 0.15) is 36.9 Å². The maximum absolute atomic E-state index is 3.87. The third-order valence-electron chi connectivity index (χ3n) is 4.01. The molecule has 1 N–H and O–H groups in total. The summed E-state index contributed by atoms with van der Waals surface area (Å²) < 4.78 is 0. The Morgan fingerprint density at radius 3 is 2.33 bits per heavy atom. The van der Waals surface area contributed by atoms with Crippen molar-refractivity contribution in [3.63, 3.8) is 0 Å². The van der Waals surface area contributed by atoms with Crippen LogP contribution in [-0.2, 0) is 6.42 Å². The molecule has 1 heterocycles. The van der Waals surface area contributed by atoms with E-state index in [1.165, 1.54) is 17.5 Å². The number of hydrogen-bond donors (Lipinski definition) is 1. The predicted molar refractivity (Wildman–Crippen MR) is 96.9 cm³/mol. The van der Waals surface area contributed by atoms with Gasteiger partial charge in [0.05, 0.1) is 0 Å². The lowest BCUT2D eigenvalue weighted by atomic mass is 9.98. The lowest BCUT2D eigenvalue weighted by Gasteiger charge is -2.35. The number of nitrogens with one attached hydrogen (secondary N) is 1. The predicted octanol–water partition coefficient (Wildman–Crippen LogP) is 4.01. The molecule has 0 aromatic heterocycles. The number of halogens is 2. The van der Waals surface area contributed by atoms with Crippen molar-refractivity contribution in [3.8, 4) is 0 Å². The molecule has 21 heavy (non-hydrogen) atoms. The number of rotatable bonds is 6. The zero-order chi connectivity index (χ0) is 13.5. The minimum Gasteiger partial charge on any atom is -0.314 e. The summed E-state index contributed by atoms with van der Waals surface area (Å²) in [5, 5.41) is 3.43. The Labute approximate surface area is 141 Å². The van der Waals surface area contributed by atoms with Gasteiger partial charge in [-0.1, -0.05) is 37.3 Å². The molecule has 1 aliphatic rings. The van der Waals surface area contributed by atoms with E-state index >= 15 is 0 Å². The molecule has 0 aliphatic carbocycles. The Balaban J connectivity index is 0.00000200. The Hall–Kier alpha value is -0.540. The highest BCUT2D eigenvalue weighted by Gasteiger charge is 2.21. The van der Waals surface area contributed by atoms with Crippen LogP contribution in [0.3, 0.4) is 0 Å². The monoisotopic (exact) mass is 330 g/mol. The summed E-state index contributed by atoms with van der Waals surface area (Å²) in [6.07, 6.45) is 5.42. The first-order valence-electron chi connectivity index (χ1n) is 7.49. The Morgan fingerprint density at radius 1 is 1.19 bits per heavy atom. The highest BCUT2D eigenvalue weighted by molar-refractivity contribution is 5.85. The molecule has 0 bridgehead atoms. The van der Waals surface area contributed by atoms with Crippen molar-refractivity contribution in [2.45, 2.75) is 32.2 Å². The molecule has 1 aliphatic heterocycles. The van der Waals surface area contributed by atoms with Gasteiger partial charge in [-0.3, -0.25) is 4.90 Å². The number of allylic oxidation sites excluding steroid dienone is 1. The summed E-state index contributed by atoms with van der Waals surface area (Å²) >= 11 is 0. The van der Waals surface area contributed by atoms with Crippen LogP contribution < -0.4 is 5.32 Å². The first kappa shape index (κ1) is 20.5. The molecule has 2 rings (SSSR count). The van der Waals surface area contributed by atoms with Gasteiger partial charge in [-0.15, -0.1) is 31.4 Å². The minimum absolute atomic E-state index is 0. The fourth-order valence-corrected chi connectivity index (χ4v) is 2.81. The average molecular weight is 331 g/mol. The van der Waals surface area contributed by atoms with Crippen molar-refractivity contribution < 1.29 is 0 Å². The van der Waals surface area contributed by atoms with Crippen LogP contribution in [0.5, 0.6) is 0 Å². The van der Waals surface area contributed by atoms with E-state index in [4.69, 9.17) is 0 Å². The van der Waals surface area contributed by atoms with Gasteiger partial charge in [0.15, 0.2) is 0 Å². The van der Waals surface area contributed by atoms with E-state index in [2.05, 4.69) is 48.0 Å². The third kappa shape index (κ3) is 5.99. The SMILES string of the molecule is C=CCC[C@H](c1ccc(CC)cc1)N1CCNCC1.Cl.Cl. The Kier molecular flexibility index (Phi) is 10.8. The standard InChI is InChI=1S/C17H26N2.2ClH/c1-3-5-6-17(19-13-11-18-12-14-19)16-9-7-15(4-2)8-10-16;;/h3,7-10,17-18H,1,4-6,11-14H2,2H3;2*1H/t17-;;/m1../s1. The highest BCUT2D eigenvalue weighted by Crippen LogP contribution is 2.26. The van der Waals surface area contributed by atoms with Crippen molar-refractivity contribution >= 4 is 24.8 Å². The van der Waals surface area contributed by atoms with Crippen LogP contribution in [0.15, 0.2) is 36.9 Å². The van der Waals surface area contributed by atoms with E-state index in [0.29, 0.717) is 6.04 Å². The number of aryl methyl sites for hydroxylation is 1. The topological polar surface area (TPSA) is 15.3 Å². The molecule has 0 saturated carbocycles. The van der Waals surface area contributed by atoms with Crippen LogP contribution >= 0.6 is 24.8 Å². The molecule has 1 aromatic carbocycles. The van der Waals surface area contributed by atoms with Crippen molar-refractivity contribution in [2.75, 3.05) is 26.2 Å². The number of piperazine rings is 1. The molecule has 120 valence electrons. The smallest absolute Gasteiger partial charge is 0.0352 e. The highest BCUT2D eigenvalue weighted by atomic mass is 35.5. The van der Waals surface area contributed by atoms with Gasteiger partial charge in [0.1, 0.15) is 0 Å². The van der Waals surface area contributed by atoms with E-state index in [-0.39, 0.29) is 24.8 Å². The first-order valence-corrected chi connectivity index (χ1v) is 7.49. The van der Waals surface area contributed by atoms with Gasteiger partial charge in [0.2, 0.25) is 0 Å². The molecular weight excluding hydrogens is 303 g/mol. The number of nitrogens with zero attached hydrogens (tertiary/aromatic N) is 1. The molecular formula is C17H28Cl2N2. The molecule has 1 fully saturated rings. The zero-order valence-corrected chi connectivity index (χ0v) is 14.5. The fourth-order valence-electron chi connectivity index (χ4n) is 2.81. The lowest BCUT2D eigenvalue weighted by molar-refractivity contribution is 0.166. The van der Waals surface area contributed by atoms with Crippen LogP contribution in [0.2, 0.25) is 0 Å². The second kappa shape index (κ2) is 11.1. The van der Waals surface area contributed by atoms with E-state index in [1.807, 2.05) is 6.08 Å². The Morgan fingerprint density at radius 2 is 1.81 bits per heavy atom. The second-order valence-corrected chi connectivity index (χ2v) is 5.26. The summed E-state index contributed by atoms with van der Waals surface area (Å²) in [5.41, 5.74) is 2.88. The van der Waals surface area contributed by atoms with Gasteiger partial charge in [-0.05, 0) is 30.4 Å². The maximum atomic E-state index is 3.87. The summed E-state index contributed by atoms with van der Waals surface area (Å²) in [4.78, 5) is 2.61. The second-order valence-electron chi connectivity index (χ2n) is 5.26. The molecule has 1 saturated heterocycles. The van der Waals surface area contributed by atoms with Crippen LogP contribution in [0, 0.1) is 0 Å². The van der Waals surface area contributed by atoms with Crippen molar-refractivity contribution in [2.24, 2.45) is 0 Å². The van der Waals surface area contributed by atoms with Crippen molar-refractivity contribution in [1.82, 2.24) is 10.2 Å². The van der Waals surface area contributed by atoms with E-state index < -0.39 is 0 Å². The largest absolute Gasteiger partial charge is 0.314 e. The number of hydrogen-bond acceptors (Lipinski definition) is 2. The van der Waals surface area contributed by atoms with E-state index in [1.54, 1.807) is 0 Å². The Bertz CT molecular complexity index is 386. The van der Waals surface area contributed by atoms with Gasteiger partial charge in [0, 0.05) is 32.2 Å². The quantitative estimate of drug-likeness (QED) is 0.793. The van der Waals surface area contributed by atoms with Crippen molar-refractivity contribution in [1.29, 1.82) is 0 Å². The molecule has 1 aromatic rings. The van der Waals surface area contributed by atoms with Gasteiger partial charge < -0.3 is 5.32 Å². The number of benzene rings is 1. The third-order valence-corrected chi connectivity index (χ3v) is 4.01. The van der Waals surface area contributed by atoms with Gasteiger partial charge in [0.25, 0.3) is 0 Å². The van der Waals surface area contributed by atoms with Gasteiger partial charge in [-0.25, -0.2) is 0 Å². The summed E-state index contributed by atoms with van der Waals surface area (Å²) in [6.45, 7) is 10.6. The summed E-state index contributed by atoms with van der Waals surface area (Å²) in [6, 6.07) is 9.73. The average Bonchev–Trinajstić information content (AvgIpc) is 2.49. The van der Waals surface area contributed by atoms with E-state index in [9.17, 15) is 0 Å². The van der Waals surface area contributed by atoms with Gasteiger partial charge in [-0.2, -0.15) is 0 Å². The van der Waals surface area contributed by atoms with Crippen LogP contribution in [-0.4, -0.2) is 31.1 Å². The summed E-state index contributed by atoms with van der Waals surface area (Å²) in [5.74, 6) is 0. The molecule has 0 radical (unpaired) electrons. The minimum atomic E-state index is 0. The fraction of sp³-hybridized carbons (Fsp3) is 0.529. The maximum Gasteiger partial charge on any atom is 0.0352 e. The molecule has 1 atom stereocenters. The zero-order valence-electron chi connectivity index (χ0n) is 12.9. The van der Waals surface area contributed by atoms with Crippen LogP contribution in [0.25, 0.3) is 0 Å². The molecule has 0 spiro atoms. The van der Waals surface area contributed by atoms with Gasteiger partial charge >= 0.3 is 0 Å². The van der Waals surface area contributed by atoms with Crippen LogP contribution in [0.4, 0.5) is 0 Å². The summed E-state index contributed by atoms with van der Waals surface area (Å²) in [7, 11) is 0. The first-order chi connectivity index (χ1) is 9.35. The molecule has 0 unspecified atom stereocenters. The van der Waals surface area contributed by atoms with E-state index in [0.717, 1.165) is 39.0 Å². The molecule has 2 nitrogen and oxygen atoms in total. The normalized spacial score (nSPS) is 16.4. The lowest BCUT2D eigenvalue weighted by Crippen LogP contribution is -2.45. The van der Waals surface area contributed by atoms with Crippen molar-refractivity contribution in [3.05, 3.63) is 48.0 Å². The molecule has 4 heteroatoms. The molecule has 0 amide bonds.